The van der Waals surface area contributed by atoms with Crippen molar-refractivity contribution in [1.82, 2.24) is 14.5 Å². The number of rotatable bonds is 8. The molecule has 0 aliphatic carbocycles. The molecule has 20 heavy (non-hydrogen) atoms. The monoisotopic (exact) mass is 305 g/mol. The van der Waals surface area contributed by atoms with Crippen molar-refractivity contribution in [3.05, 3.63) is 11.3 Å². The lowest BCUT2D eigenvalue weighted by Gasteiger charge is -2.23. The lowest BCUT2D eigenvalue weighted by atomic mass is 10.2. The normalized spacial score (nSPS) is 12.6. The summed E-state index contributed by atoms with van der Waals surface area (Å²) in [5, 5.41) is 15.7. The molecule has 1 heterocycles. The minimum Gasteiger partial charge on any atom is -0.392 e. The highest BCUT2D eigenvalue weighted by Gasteiger charge is 2.30. The van der Waals surface area contributed by atoms with E-state index in [-0.39, 0.29) is 24.1 Å². The molecule has 7 nitrogen and oxygen atoms in total. The SMILES string of the molecule is COCCN(CC(C)C)S(=O)(=O)c1n[nH]c(C)c1CO. The number of aliphatic hydroxyl groups is 1. The van der Waals surface area contributed by atoms with Gasteiger partial charge in [0.15, 0.2) is 5.03 Å². The number of aromatic amines is 1. The van der Waals surface area contributed by atoms with Crippen molar-refractivity contribution in [3.8, 4) is 0 Å². The fourth-order valence-corrected chi connectivity index (χ4v) is 3.61. The lowest BCUT2D eigenvalue weighted by Crippen LogP contribution is -2.37. The lowest BCUT2D eigenvalue weighted by molar-refractivity contribution is 0.175. The van der Waals surface area contributed by atoms with Gasteiger partial charge in [0.2, 0.25) is 0 Å². The predicted octanol–water partition coefficient (Wildman–Crippen LogP) is 0.504. The van der Waals surface area contributed by atoms with Crippen LogP contribution in [0.2, 0.25) is 0 Å². The molecule has 0 aromatic carbocycles. The number of nitrogens with zero attached hydrogens (tertiary/aromatic N) is 2. The van der Waals surface area contributed by atoms with Gasteiger partial charge in [0, 0.05) is 31.5 Å². The largest absolute Gasteiger partial charge is 0.392 e. The molecule has 116 valence electrons. The molecule has 1 aromatic heterocycles. The van der Waals surface area contributed by atoms with Gasteiger partial charge in [-0.05, 0) is 12.8 Å². The minimum atomic E-state index is -3.74. The van der Waals surface area contributed by atoms with Gasteiger partial charge < -0.3 is 9.84 Å². The molecule has 2 N–H and O–H groups in total. The topological polar surface area (TPSA) is 95.5 Å². The van der Waals surface area contributed by atoms with Crippen molar-refractivity contribution in [1.29, 1.82) is 0 Å². The number of aromatic nitrogens is 2. The summed E-state index contributed by atoms with van der Waals surface area (Å²) in [5.74, 6) is 0.180. The van der Waals surface area contributed by atoms with Crippen molar-refractivity contribution < 1.29 is 18.3 Å². The number of hydrogen-bond acceptors (Lipinski definition) is 5. The van der Waals surface area contributed by atoms with Gasteiger partial charge in [0.1, 0.15) is 0 Å². The Morgan fingerprint density at radius 2 is 2.10 bits per heavy atom. The van der Waals surface area contributed by atoms with Gasteiger partial charge in [-0.1, -0.05) is 13.8 Å². The molecule has 0 aliphatic rings. The number of methoxy groups -OCH3 is 1. The summed E-state index contributed by atoms with van der Waals surface area (Å²) in [6.45, 7) is 6.15. The molecule has 0 atom stereocenters. The Morgan fingerprint density at radius 3 is 2.60 bits per heavy atom. The molecular weight excluding hydrogens is 282 g/mol. The number of aliphatic hydroxyl groups excluding tert-OH is 1. The third kappa shape index (κ3) is 3.78. The van der Waals surface area contributed by atoms with Gasteiger partial charge in [-0.3, -0.25) is 5.10 Å². The molecule has 1 aromatic rings. The first-order valence-electron chi connectivity index (χ1n) is 6.48. The summed E-state index contributed by atoms with van der Waals surface area (Å²) in [6, 6.07) is 0. The second-order valence-electron chi connectivity index (χ2n) is 5.04. The van der Waals surface area contributed by atoms with Crippen LogP contribution >= 0.6 is 0 Å². The zero-order valence-electron chi connectivity index (χ0n) is 12.4. The third-order valence-corrected chi connectivity index (χ3v) is 4.73. The predicted molar refractivity (Wildman–Crippen MR) is 74.7 cm³/mol. The Kier molecular flexibility index (Phi) is 6.12. The summed E-state index contributed by atoms with van der Waals surface area (Å²) in [7, 11) is -2.21. The number of nitrogens with one attached hydrogen (secondary N) is 1. The van der Waals surface area contributed by atoms with Crippen molar-refractivity contribution in [2.75, 3.05) is 26.8 Å². The molecule has 1 rings (SSSR count). The van der Waals surface area contributed by atoms with Crippen LogP contribution in [-0.2, 0) is 21.4 Å². The van der Waals surface area contributed by atoms with E-state index in [1.54, 1.807) is 6.92 Å². The zero-order chi connectivity index (χ0) is 15.3. The van der Waals surface area contributed by atoms with Crippen LogP contribution in [0, 0.1) is 12.8 Å². The van der Waals surface area contributed by atoms with Crippen LogP contribution in [0.5, 0.6) is 0 Å². The Morgan fingerprint density at radius 1 is 1.45 bits per heavy atom. The van der Waals surface area contributed by atoms with E-state index in [1.807, 2.05) is 13.8 Å². The van der Waals surface area contributed by atoms with Gasteiger partial charge in [-0.25, -0.2) is 8.42 Å². The molecule has 0 unspecified atom stereocenters. The van der Waals surface area contributed by atoms with E-state index in [9.17, 15) is 13.5 Å². The van der Waals surface area contributed by atoms with E-state index in [1.165, 1.54) is 11.4 Å². The highest BCUT2D eigenvalue weighted by Crippen LogP contribution is 2.21. The fourth-order valence-electron chi connectivity index (χ4n) is 1.86. The summed E-state index contributed by atoms with van der Waals surface area (Å²) in [6.07, 6.45) is 0. The molecule has 0 spiro atoms. The van der Waals surface area contributed by atoms with Gasteiger partial charge in [-0.2, -0.15) is 9.40 Å². The van der Waals surface area contributed by atoms with Gasteiger partial charge in [0.05, 0.1) is 13.2 Å². The Hall–Kier alpha value is -0.960. The summed E-state index contributed by atoms with van der Waals surface area (Å²) < 4.78 is 31.6. The van der Waals surface area contributed by atoms with Crippen molar-refractivity contribution in [2.24, 2.45) is 5.92 Å². The highest BCUT2D eigenvalue weighted by atomic mass is 32.2. The first-order chi connectivity index (χ1) is 9.34. The quantitative estimate of drug-likeness (QED) is 0.729. The van der Waals surface area contributed by atoms with Gasteiger partial charge >= 0.3 is 0 Å². The van der Waals surface area contributed by atoms with Gasteiger partial charge in [-0.15, -0.1) is 0 Å². The number of sulfonamides is 1. The first-order valence-corrected chi connectivity index (χ1v) is 7.92. The average molecular weight is 305 g/mol. The molecule has 0 fully saturated rings. The Bertz CT molecular complexity index is 525. The zero-order valence-corrected chi connectivity index (χ0v) is 13.2. The maximum absolute atomic E-state index is 12.6. The maximum Gasteiger partial charge on any atom is 0.262 e. The van der Waals surface area contributed by atoms with Crippen molar-refractivity contribution in [3.63, 3.8) is 0 Å². The minimum absolute atomic E-state index is 0.103. The van der Waals surface area contributed by atoms with E-state index < -0.39 is 10.0 Å². The van der Waals surface area contributed by atoms with E-state index in [0.29, 0.717) is 24.4 Å². The van der Waals surface area contributed by atoms with Crippen LogP contribution in [-0.4, -0.2) is 54.8 Å². The van der Waals surface area contributed by atoms with Crippen LogP contribution in [0.1, 0.15) is 25.1 Å². The van der Waals surface area contributed by atoms with E-state index in [0.717, 1.165) is 0 Å². The van der Waals surface area contributed by atoms with Crippen LogP contribution in [0.4, 0.5) is 0 Å². The van der Waals surface area contributed by atoms with Crippen molar-refractivity contribution >= 4 is 10.0 Å². The van der Waals surface area contributed by atoms with E-state index in [4.69, 9.17) is 4.74 Å². The third-order valence-electron chi connectivity index (χ3n) is 2.89. The van der Waals surface area contributed by atoms with Crippen LogP contribution in [0.15, 0.2) is 5.03 Å². The molecule has 8 heteroatoms. The number of H-pyrrole nitrogens is 1. The fraction of sp³-hybridized carbons (Fsp3) is 0.750. The van der Waals surface area contributed by atoms with Crippen LogP contribution < -0.4 is 0 Å². The summed E-state index contributed by atoms with van der Waals surface area (Å²) in [4.78, 5) is 0. The highest BCUT2D eigenvalue weighted by molar-refractivity contribution is 7.89. The standard InChI is InChI=1S/C12H23N3O4S/c1-9(2)7-15(5-6-19-4)20(17,18)12-11(8-16)10(3)13-14-12/h9,16H,5-8H2,1-4H3,(H,13,14). The number of ether oxygens (including phenoxy) is 1. The molecule has 0 bridgehead atoms. The number of hydrogen-bond donors (Lipinski definition) is 2. The van der Waals surface area contributed by atoms with Gasteiger partial charge in [0.25, 0.3) is 10.0 Å². The summed E-state index contributed by atoms with van der Waals surface area (Å²) in [5.41, 5.74) is 0.874. The Labute approximate surface area is 120 Å². The van der Waals surface area contributed by atoms with E-state index in [2.05, 4.69) is 10.2 Å². The maximum atomic E-state index is 12.6. The molecule has 0 saturated carbocycles. The molecule has 0 aliphatic heterocycles. The number of aryl methyl sites for hydroxylation is 1. The molecule has 0 radical (unpaired) electrons. The van der Waals surface area contributed by atoms with Crippen molar-refractivity contribution in [2.45, 2.75) is 32.4 Å². The second-order valence-corrected chi connectivity index (χ2v) is 6.89. The Balaban J connectivity index is 3.14. The van der Waals surface area contributed by atoms with Crippen LogP contribution in [0.3, 0.4) is 0 Å². The second kappa shape index (κ2) is 7.16. The van der Waals surface area contributed by atoms with E-state index >= 15 is 0 Å². The smallest absolute Gasteiger partial charge is 0.262 e. The summed E-state index contributed by atoms with van der Waals surface area (Å²) >= 11 is 0. The average Bonchev–Trinajstić information content (AvgIpc) is 2.75. The molecule has 0 saturated heterocycles. The molecular formula is C12H23N3O4S. The first kappa shape index (κ1) is 17.1. The van der Waals surface area contributed by atoms with Crippen LogP contribution in [0.25, 0.3) is 0 Å². The molecule has 0 amide bonds.